The van der Waals surface area contributed by atoms with Crippen molar-refractivity contribution >= 4 is 22.5 Å². The maximum atomic E-state index is 11.7. The molecule has 0 bridgehead atoms. The molecule has 3 N–H and O–H groups in total. The van der Waals surface area contributed by atoms with Crippen LogP contribution < -0.4 is 16.2 Å². The number of hydrogen-bond donors (Lipinski definition) is 3. The van der Waals surface area contributed by atoms with E-state index in [4.69, 9.17) is 4.42 Å². The largest absolute Gasteiger partial charge is 0.459 e. The van der Waals surface area contributed by atoms with E-state index >= 15 is 0 Å². The highest BCUT2D eigenvalue weighted by atomic mass is 16.3. The Bertz CT molecular complexity index is 855. The Morgan fingerprint density at radius 3 is 2.74 bits per heavy atom. The van der Waals surface area contributed by atoms with Crippen LogP contribution in [-0.4, -0.2) is 29.2 Å². The Kier molecular flexibility index (Phi) is 4.37. The molecule has 0 fully saturated rings. The summed E-state index contributed by atoms with van der Waals surface area (Å²) < 4.78 is 5.01. The van der Waals surface area contributed by atoms with Gasteiger partial charge in [0.05, 0.1) is 11.6 Å². The van der Waals surface area contributed by atoms with Gasteiger partial charge < -0.3 is 15.1 Å². The number of carbonyl (C=O) groups excluding carboxylic acids is 1. The van der Waals surface area contributed by atoms with Crippen LogP contribution >= 0.6 is 0 Å². The highest BCUT2D eigenvalue weighted by Gasteiger charge is 2.07. The molecule has 0 atom stereocenters. The molecule has 2 aromatic heterocycles. The number of furan rings is 1. The molecule has 0 saturated carbocycles. The number of aromatic nitrogens is 2. The second-order valence-electron chi connectivity index (χ2n) is 4.96. The van der Waals surface area contributed by atoms with E-state index in [0.29, 0.717) is 36.5 Å². The van der Waals surface area contributed by atoms with Crippen molar-refractivity contribution < 1.29 is 9.21 Å². The lowest BCUT2D eigenvalue weighted by atomic mass is 10.2. The first-order chi connectivity index (χ1) is 11.3. The lowest BCUT2D eigenvalue weighted by molar-refractivity contribution is 0.0926. The fourth-order valence-corrected chi connectivity index (χ4v) is 2.24. The van der Waals surface area contributed by atoms with Gasteiger partial charge in [0.15, 0.2) is 11.6 Å². The quantitative estimate of drug-likeness (QED) is 0.602. The number of fused-ring (bicyclic) bond motifs is 1. The molecule has 23 heavy (non-hydrogen) atoms. The summed E-state index contributed by atoms with van der Waals surface area (Å²) >= 11 is 0. The van der Waals surface area contributed by atoms with Gasteiger partial charge in [-0.3, -0.25) is 9.59 Å². The van der Waals surface area contributed by atoms with Crippen LogP contribution in [-0.2, 0) is 0 Å². The van der Waals surface area contributed by atoms with Gasteiger partial charge in [0.2, 0.25) is 0 Å². The molecule has 0 aliphatic rings. The van der Waals surface area contributed by atoms with Gasteiger partial charge in [0.1, 0.15) is 0 Å². The molecule has 0 aliphatic carbocycles. The first kappa shape index (κ1) is 14.8. The van der Waals surface area contributed by atoms with Crippen LogP contribution in [0.4, 0.5) is 5.82 Å². The van der Waals surface area contributed by atoms with Crippen molar-refractivity contribution in [2.75, 3.05) is 18.4 Å². The zero-order valence-corrected chi connectivity index (χ0v) is 12.3. The number of H-pyrrole nitrogens is 1. The third-order valence-corrected chi connectivity index (χ3v) is 3.37. The summed E-state index contributed by atoms with van der Waals surface area (Å²) in [5, 5.41) is 13.8. The molecule has 0 saturated heterocycles. The Balaban J connectivity index is 1.53. The van der Waals surface area contributed by atoms with Gasteiger partial charge in [0.25, 0.3) is 11.5 Å². The number of amides is 1. The van der Waals surface area contributed by atoms with E-state index in [1.54, 1.807) is 18.2 Å². The fraction of sp³-hybridized carbons (Fsp3) is 0.188. The molecular formula is C16H16N4O3. The van der Waals surface area contributed by atoms with Crippen LogP contribution in [0.3, 0.4) is 0 Å². The van der Waals surface area contributed by atoms with E-state index < -0.39 is 0 Å². The average Bonchev–Trinajstić information content (AvgIpc) is 3.11. The molecule has 2 heterocycles. The number of benzene rings is 1. The van der Waals surface area contributed by atoms with Crippen LogP contribution in [0.5, 0.6) is 0 Å². The molecule has 3 aromatic rings. The maximum absolute atomic E-state index is 11.7. The van der Waals surface area contributed by atoms with Gasteiger partial charge in [-0.25, -0.2) is 5.10 Å². The maximum Gasteiger partial charge on any atom is 0.286 e. The Morgan fingerprint density at radius 2 is 1.96 bits per heavy atom. The molecule has 1 aromatic carbocycles. The standard InChI is InChI=1S/C16H16N4O3/c21-15-12-6-2-1-5-11(12)14(19-20-15)17-8-4-9-18-16(22)13-7-3-10-23-13/h1-3,5-7,10H,4,8-9H2,(H,17,19)(H,18,22)(H,20,21). The zero-order valence-electron chi connectivity index (χ0n) is 12.3. The molecular weight excluding hydrogens is 296 g/mol. The predicted octanol–water partition coefficient (Wildman–Crippen LogP) is 1.75. The Hall–Kier alpha value is -3.09. The molecule has 0 radical (unpaired) electrons. The zero-order chi connectivity index (χ0) is 16.1. The number of carbonyl (C=O) groups is 1. The van der Waals surface area contributed by atoms with Crippen molar-refractivity contribution in [2.24, 2.45) is 0 Å². The van der Waals surface area contributed by atoms with E-state index in [1.165, 1.54) is 6.26 Å². The summed E-state index contributed by atoms with van der Waals surface area (Å²) in [6.45, 7) is 1.12. The first-order valence-electron chi connectivity index (χ1n) is 7.29. The van der Waals surface area contributed by atoms with E-state index in [9.17, 15) is 9.59 Å². The molecule has 3 rings (SSSR count). The van der Waals surface area contributed by atoms with Crippen LogP contribution in [0, 0.1) is 0 Å². The number of rotatable bonds is 6. The Morgan fingerprint density at radius 1 is 1.13 bits per heavy atom. The van der Waals surface area contributed by atoms with Crippen LogP contribution in [0.1, 0.15) is 17.0 Å². The number of nitrogens with one attached hydrogen (secondary N) is 3. The number of aromatic amines is 1. The molecule has 0 unspecified atom stereocenters. The highest BCUT2D eigenvalue weighted by Crippen LogP contribution is 2.16. The topological polar surface area (TPSA) is 100 Å². The predicted molar refractivity (Wildman–Crippen MR) is 86.5 cm³/mol. The molecule has 0 spiro atoms. The van der Waals surface area contributed by atoms with Crippen LogP contribution in [0.25, 0.3) is 10.8 Å². The Labute approximate surface area is 131 Å². The summed E-state index contributed by atoms with van der Waals surface area (Å²) in [4.78, 5) is 23.4. The average molecular weight is 312 g/mol. The first-order valence-corrected chi connectivity index (χ1v) is 7.29. The minimum Gasteiger partial charge on any atom is -0.459 e. The fourth-order valence-electron chi connectivity index (χ4n) is 2.24. The molecule has 7 nitrogen and oxygen atoms in total. The van der Waals surface area contributed by atoms with E-state index in [-0.39, 0.29) is 11.5 Å². The molecule has 0 aliphatic heterocycles. The summed E-state index contributed by atoms with van der Waals surface area (Å²) in [6, 6.07) is 10.6. The van der Waals surface area contributed by atoms with Crippen LogP contribution in [0.15, 0.2) is 51.9 Å². The third-order valence-electron chi connectivity index (χ3n) is 3.37. The summed E-state index contributed by atoms with van der Waals surface area (Å²) in [5.41, 5.74) is -0.211. The normalized spacial score (nSPS) is 10.6. The number of nitrogens with zero attached hydrogens (tertiary/aromatic N) is 1. The molecule has 1 amide bonds. The van der Waals surface area contributed by atoms with Gasteiger partial charge >= 0.3 is 0 Å². The van der Waals surface area contributed by atoms with Crippen LogP contribution in [0.2, 0.25) is 0 Å². The number of hydrogen-bond acceptors (Lipinski definition) is 5. The van der Waals surface area contributed by atoms with Gasteiger partial charge in [-0.2, -0.15) is 5.10 Å². The minimum absolute atomic E-state index is 0.211. The highest BCUT2D eigenvalue weighted by molar-refractivity contribution is 5.91. The molecule has 118 valence electrons. The van der Waals surface area contributed by atoms with E-state index in [1.807, 2.05) is 18.2 Å². The molecule has 7 heteroatoms. The number of anilines is 1. The smallest absolute Gasteiger partial charge is 0.286 e. The van der Waals surface area contributed by atoms with Crippen molar-refractivity contribution in [1.82, 2.24) is 15.5 Å². The van der Waals surface area contributed by atoms with E-state index in [2.05, 4.69) is 20.8 Å². The third kappa shape index (κ3) is 3.39. The van der Waals surface area contributed by atoms with Crippen molar-refractivity contribution in [2.45, 2.75) is 6.42 Å². The SMILES string of the molecule is O=C(NCCCNc1n[nH]c(=O)c2ccccc12)c1ccco1. The van der Waals surface area contributed by atoms with Gasteiger partial charge in [-0.1, -0.05) is 18.2 Å². The lowest BCUT2D eigenvalue weighted by Crippen LogP contribution is -2.25. The van der Waals surface area contributed by atoms with Gasteiger partial charge in [-0.05, 0) is 24.6 Å². The van der Waals surface area contributed by atoms with Crippen molar-refractivity contribution in [3.05, 3.63) is 58.8 Å². The summed E-state index contributed by atoms with van der Waals surface area (Å²) in [7, 11) is 0. The van der Waals surface area contributed by atoms with Crippen molar-refractivity contribution in [3.8, 4) is 0 Å². The second kappa shape index (κ2) is 6.78. The van der Waals surface area contributed by atoms with Crippen molar-refractivity contribution in [1.29, 1.82) is 0 Å². The minimum atomic E-state index is -0.234. The monoisotopic (exact) mass is 312 g/mol. The summed E-state index contributed by atoms with van der Waals surface area (Å²) in [6.07, 6.45) is 2.17. The van der Waals surface area contributed by atoms with Crippen molar-refractivity contribution in [3.63, 3.8) is 0 Å². The van der Waals surface area contributed by atoms with Gasteiger partial charge in [-0.15, -0.1) is 0 Å². The van der Waals surface area contributed by atoms with E-state index in [0.717, 1.165) is 5.39 Å². The van der Waals surface area contributed by atoms with Gasteiger partial charge in [0, 0.05) is 18.5 Å². The second-order valence-corrected chi connectivity index (χ2v) is 4.96. The lowest BCUT2D eigenvalue weighted by Gasteiger charge is -2.08. The summed E-state index contributed by atoms with van der Waals surface area (Å²) in [5.74, 6) is 0.687.